The zero-order chi connectivity index (χ0) is 14.9. The Kier molecular flexibility index (Phi) is 4.52. The Morgan fingerprint density at radius 2 is 1.85 bits per heavy atom. The fourth-order valence-corrected chi connectivity index (χ4v) is 2.39. The van der Waals surface area contributed by atoms with Crippen molar-refractivity contribution in [2.45, 2.75) is 32.6 Å². The largest absolute Gasteiger partial charge is 0.346 e. The molecule has 0 aliphatic heterocycles. The summed E-state index contributed by atoms with van der Waals surface area (Å²) in [4.78, 5) is 7.73. The van der Waals surface area contributed by atoms with Crippen molar-refractivity contribution in [3.63, 3.8) is 0 Å². The first-order chi connectivity index (χ1) is 9.25. The normalized spacial score (nSPS) is 11.7. The Balaban J connectivity index is 2.36. The van der Waals surface area contributed by atoms with Gasteiger partial charge in [-0.05, 0) is 23.8 Å². The minimum Gasteiger partial charge on any atom is -0.346 e. The lowest BCUT2D eigenvalue weighted by Crippen LogP contribution is -2.15. The lowest BCUT2D eigenvalue weighted by Gasteiger charge is -2.19. The van der Waals surface area contributed by atoms with E-state index in [4.69, 9.17) is 35.4 Å². The van der Waals surface area contributed by atoms with Gasteiger partial charge in [-0.2, -0.15) is 0 Å². The summed E-state index contributed by atoms with van der Waals surface area (Å²) < 4.78 is 0.601. The molecule has 0 unspecified atom stereocenters. The van der Waals surface area contributed by atoms with Crippen molar-refractivity contribution in [2.75, 3.05) is 0 Å². The average molecular weight is 327 g/mol. The molecule has 0 radical (unpaired) electrons. The molecule has 2 rings (SSSR count). The third kappa shape index (κ3) is 3.81. The summed E-state index contributed by atoms with van der Waals surface area (Å²) >= 11 is 17.2. The zero-order valence-corrected chi connectivity index (χ0v) is 14.0. The minimum atomic E-state index is 0.00287. The number of aromatic nitrogens is 2. The maximum atomic E-state index is 6.03. The Morgan fingerprint density at radius 1 is 1.15 bits per heavy atom. The van der Waals surface area contributed by atoms with Crippen molar-refractivity contribution in [1.29, 1.82) is 0 Å². The van der Waals surface area contributed by atoms with Gasteiger partial charge in [-0.25, -0.2) is 4.98 Å². The monoisotopic (exact) mass is 326 g/mol. The lowest BCUT2D eigenvalue weighted by molar-refractivity contribution is 0.562. The van der Waals surface area contributed by atoms with Crippen LogP contribution in [0.3, 0.4) is 0 Å². The number of nitrogens with zero attached hydrogens (tertiary/aromatic N) is 1. The SMILES string of the molecule is CC(C)(C)c1cc(=S)nc(Cc2ccc(Cl)c(Cl)c2)[nH]1. The highest BCUT2D eigenvalue weighted by Crippen LogP contribution is 2.24. The number of nitrogens with one attached hydrogen (secondary N) is 1. The molecule has 0 bridgehead atoms. The van der Waals surface area contributed by atoms with Gasteiger partial charge in [0.05, 0.1) is 10.0 Å². The second kappa shape index (κ2) is 5.84. The van der Waals surface area contributed by atoms with E-state index in [0.29, 0.717) is 21.1 Å². The first kappa shape index (κ1) is 15.5. The first-order valence-electron chi connectivity index (χ1n) is 6.30. The summed E-state index contributed by atoms with van der Waals surface area (Å²) in [5, 5.41) is 1.11. The minimum absolute atomic E-state index is 0.00287. The van der Waals surface area contributed by atoms with E-state index in [1.807, 2.05) is 18.2 Å². The molecule has 1 heterocycles. The number of H-pyrrole nitrogens is 1. The van der Waals surface area contributed by atoms with Gasteiger partial charge in [0, 0.05) is 17.5 Å². The number of halogens is 2. The highest BCUT2D eigenvalue weighted by molar-refractivity contribution is 7.71. The Morgan fingerprint density at radius 3 is 2.45 bits per heavy atom. The maximum absolute atomic E-state index is 6.03. The van der Waals surface area contributed by atoms with E-state index in [2.05, 4.69) is 30.7 Å². The van der Waals surface area contributed by atoms with Crippen molar-refractivity contribution >= 4 is 35.4 Å². The van der Waals surface area contributed by atoms with E-state index in [1.54, 1.807) is 6.07 Å². The van der Waals surface area contributed by atoms with Gasteiger partial charge >= 0.3 is 0 Å². The maximum Gasteiger partial charge on any atom is 0.130 e. The highest BCUT2D eigenvalue weighted by atomic mass is 35.5. The molecule has 0 amide bonds. The fourth-order valence-electron chi connectivity index (χ4n) is 1.84. The molecule has 2 aromatic rings. The van der Waals surface area contributed by atoms with Crippen LogP contribution in [0, 0.1) is 4.64 Å². The number of benzene rings is 1. The van der Waals surface area contributed by atoms with Crippen molar-refractivity contribution in [2.24, 2.45) is 0 Å². The van der Waals surface area contributed by atoms with Crippen LogP contribution in [0.25, 0.3) is 0 Å². The molecule has 0 saturated carbocycles. The van der Waals surface area contributed by atoms with Gasteiger partial charge in [0.2, 0.25) is 0 Å². The second-order valence-electron chi connectivity index (χ2n) is 5.75. The summed E-state index contributed by atoms with van der Waals surface area (Å²) in [6, 6.07) is 7.50. The van der Waals surface area contributed by atoms with Gasteiger partial charge in [-0.1, -0.05) is 62.3 Å². The molecule has 20 heavy (non-hydrogen) atoms. The molecule has 0 saturated heterocycles. The third-order valence-electron chi connectivity index (χ3n) is 2.96. The summed E-state index contributed by atoms with van der Waals surface area (Å²) in [5.41, 5.74) is 2.12. The molecule has 1 N–H and O–H groups in total. The number of rotatable bonds is 2. The molecule has 0 fully saturated rings. The first-order valence-corrected chi connectivity index (χ1v) is 7.47. The second-order valence-corrected chi connectivity index (χ2v) is 6.99. The third-order valence-corrected chi connectivity index (χ3v) is 3.90. The van der Waals surface area contributed by atoms with Gasteiger partial charge in [-0.15, -0.1) is 0 Å². The van der Waals surface area contributed by atoms with Gasteiger partial charge in [0.15, 0.2) is 0 Å². The smallest absolute Gasteiger partial charge is 0.130 e. The van der Waals surface area contributed by atoms with E-state index in [9.17, 15) is 0 Å². The predicted molar refractivity (Wildman–Crippen MR) is 87.4 cm³/mol. The number of aromatic amines is 1. The van der Waals surface area contributed by atoms with Gasteiger partial charge in [-0.3, -0.25) is 0 Å². The summed E-state index contributed by atoms with van der Waals surface area (Å²) in [5.74, 6) is 0.834. The van der Waals surface area contributed by atoms with Crippen molar-refractivity contribution < 1.29 is 0 Å². The van der Waals surface area contributed by atoms with Crippen LogP contribution in [0.4, 0.5) is 0 Å². The van der Waals surface area contributed by atoms with Crippen LogP contribution in [0.15, 0.2) is 24.3 Å². The topological polar surface area (TPSA) is 28.7 Å². The van der Waals surface area contributed by atoms with Crippen LogP contribution in [0.1, 0.15) is 37.9 Å². The van der Waals surface area contributed by atoms with Crippen molar-refractivity contribution in [3.05, 3.63) is 56.0 Å². The molecule has 0 aliphatic carbocycles. The van der Waals surface area contributed by atoms with E-state index in [-0.39, 0.29) is 5.41 Å². The molecule has 0 aliphatic rings. The number of hydrogen-bond donors (Lipinski definition) is 1. The van der Waals surface area contributed by atoms with Crippen molar-refractivity contribution in [1.82, 2.24) is 9.97 Å². The quantitative estimate of drug-likeness (QED) is 0.755. The molecule has 1 aromatic carbocycles. The van der Waals surface area contributed by atoms with Crippen LogP contribution < -0.4 is 0 Å². The number of hydrogen-bond acceptors (Lipinski definition) is 2. The molecule has 0 spiro atoms. The van der Waals surface area contributed by atoms with E-state index in [0.717, 1.165) is 17.1 Å². The molecule has 1 aromatic heterocycles. The van der Waals surface area contributed by atoms with E-state index < -0.39 is 0 Å². The van der Waals surface area contributed by atoms with Crippen LogP contribution >= 0.6 is 35.4 Å². The van der Waals surface area contributed by atoms with Crippen LogP contribution in [0.2, 0.25) is 10.0 Å². The molecule has 2 nitrogen and oxygen atoms in total. The lowest BCUT2D eigenvalue weighted by atomic mass is 9.92. The average Bonchev–Trinajstić information content (AvgIpc) is 2.32. The van der Waals surface area contributed by atoms with Crippen LogP contribution in [-0.4, -0.2) is 9.97 Å². The Bertz CT molecular complexity index is 687. The van der Waals surface area contributed by atoms with E-state index in [1.165, 1.54) is 0 Å². The standard InChI is InChI=1S/C15H16Cl2N2S/c1-15(2,3)12-8-14(20)19-13(18-12)7-9-4-5-10(16)11(17)6-9/h4-6,8H,7H2,1-3H3,(H,18,19,20). The highest BCUT2D eigenvalue weighted by Gasteiger charge is 2.15. The van der Waals surface area contributed by atoms with Crippen LogP contribution in [0.5, 0.6) is 0 Å². The Labute approximate surface area is 134 Å². The van der Waals surface area contributed by atoms with E-state index >= 15 is 0 Å². The van der Waals surface area contributed by atoms with Gasteiger partial charge < -0.3 is 4.98 Å². The molecular formula is C15H16Cl2N2S. The fraction of sp³-hybridized carbons (Fsp3) is 0.333. The Hall–Kier alpha value is -0.900. The zero-order valence-electron chi connectivity index (χ0n) is 11.6. The molecule has 5 heteroatoms. The predicted octanol–water partition coefficient (Wildman–Crippen LogP) is 5.33. The van der Waals surface area contributed by atoms with Gasteiger partial charge in [0.25, 0.3) is 0 Å². The van der Waals surface area contributed by atoms with Gasteiger partial charge in [0.1, 0.15) is 10.5 Å². The summed E-state index contributed by atoms with van der Waals surface area (Å²) in [6.07, 6.45) is 0.643. The summed E-state index contributed by atoms with van der Waals surface area (Å²) in [6.45, 7) is 6.41. The van der Waals surface area contributed by atoms with Crippen molar-refractivity contribution in [3.8, 4) is 0 Å². The molecule has 106 valence electrons. The summed E-state index contributed by atoms with van der Waals surface area (Å²) in [7, 11) is 0. The molecular weight excluding hydrogens is 311 g/mol. The molecule has 0 atom stereocenters. The van der Waals surface area contributed by atoms with Crippen LogP contribution in [-0.2, 0) is 11.8 Å².